The molecule has 0 spiro atoms. The molecule has 0 aliphatic rings. The van der Waals surface area contributed by atoms with Crippen LogP contribution in [0, 0.1) is 19.7 Å². The van der Waals surface area contributed by atoms with Gasteiger partial charge in [0.25, 0.3) is 5.78 Å². The highest BCUT2D eigenvalue weighted by atomic mass is 19.1. The topological polar surface area (TPSA) is 86.4 Å². The summed E-state index contributed by atoms with van der Waals surface area (Å²) in [5.41, 5.74) is 1.91. The van der Waals surface area contributed by atoms with Crippen molar-refractivity contribution < 1.29 is 18.7 Å². The standard InChI is InChI=1S/C17H15FN4O3/c1-10-13(11(2)22-17(21-10)19-9-20-22)7-16(24)25-8-15(23)12-5-3-4-6-14(12)18/h3-6,9H,7-8H2,1-2H3. The van der Waals surface area contributed by atoms with Gasteiger partial charge in [-0.3, -0.25) is 9.59 Å². The Kier molecular flexibility index (Phi) is 4.51. The number of fused-ring (bicyclic) bond motifs is 1. The van der Waals surface area contributed by atoms with Crippen LogP contribution in [0.2, 0.25) is 0 Å². The number of nitrogens with zero attached hydrogens (tertiary/aromatic N) is 4. The van der Waals surface area contributed by atoms with E-state index in [4.69, 9.17) is 4.74 Å². The fourth-order valence-electron chi connectivity index (χ4n) is 2.52. The first-order chi connectivity index (χ1) is 12.0. The van der Waals surface area contributed by atoms with Gasteiger partial charge in [-0.2, -0.15) is 10.1 Å². The van der Waals surface area contributed by atoms with Crippen molar-refractivity contribution in [2.45, 2.75) is 20.3 Å². The minimum absolute atomic E-state index is 0.0645. The van der Waals surface area contributed by atoms with Gasteiger partial charge in [0.15, 0.2) is 6.61 Å². The van der Waals surface area contributed by atoms with Crippen LogP contribution in [0.5, 0.6) is 0 Å². The second kappa shape index (κ2) is 6.76. The number of ketones is 1. The normalized spacial score (nSPS) is 10.8. The van der Waals surface area contributed by atoms with Crippen LogP contribution in [0.15, 0.2) is 30.6 Å². The zero-order chi connectivity index (χ0) is 18.0. The molecule has 7 nitrogen and oxygen atoms in total. The minimum atomic E-state index is -0.643. The van der Waals surface area contributed by atoms with Gasteiger partial charge in [0.1, 0.15) is 12.1 Å². The molecule has 0 unspecified atom stereocenters. The minimum Gasteiger partial charge on any atom is -0.457 e. The molecule has 0 saturated heterocycles. The van der Waals surface area contributed by atoms with E-state index in [-0.39, 0.29) is 12.0 Å². The van der Waals surface area contributed by atoms with Gasteiger partial charge in [0.05, 0.1) is 12.0 Å². The van der Waals surface area contributed by atoms with Gasteiger partial charge in [-0.25, -0.2) is 13.9 Å². The van der Waals surface area contributed by atoms with Gasteiger partial charge in [0, 0.05) is 17.0 Å². The Bertz CT molecular complexity index is 968. The number of halogens is 1. The predicted octanol–water partition coefficient (Wildman–Crippen LogP) is 1.85. The van der Waals surface area contributed by atoms with E-state index < -0.39 is 24.2 Å². The SMILES string of the molecule is Cc1nc2ncnn2c(C)c1CC(=O)OCC(=O)c1ccccc1F. The van der Waals surface area contributed by atoms with Crippen molar-refractivity contribution in [3.63, 3.8) is 0 Å². The van der Waals surface area contributed by atoms with Crippen molar-refractivity contribution in [2.24, 2.45) is 0 Å². The van der Waals surface area contributed by atoms with Crippen molar-refractivity contribution in [1.82, 2.24) is 19.6 Å². The van der Waals surface area contributed by atoms with Crippen LogP contribution >= 0.6 is 0 Å². The van der Waals surface area contributed by atoms with Crippen LogP contribution in [-0.2, 0) is 16.0 Å². The van der Waals surface area contributed by atoms with Crippen molar-refractivity contribution in [3.8, 4) is 0 Å². The second-order valence-electron chi connectivity index (χ2n) is 5.47. The second-order valence-corrected chi connectivity index (χ2v) is 5.47. The summed E-state index contributed by atoms with van der Waals surface area (Å²) in [6.07, 6.45) is 1.31. The van der Waals surface area contributed by atoms with Gasteiger partial charge >= 0.3 is 5.97 Å². The van der Waals surface area contributed by atoms with Crippen LogP contribution in [0.25, 0.3) is 5.78 Å². The zero-order valence-corrected chi connectivity index (χ0v) is 13.7. The summed E-state index contributed by atoms with van der Waals surface area (Å²) >= 11 is 0. The average molecular weight is 342 g/mol. The maximum absolute atomic E-state index is 13.5. The molecule has 2 heterocycles. The lowest BCUT2D eigenvalue weighted by Crippen LogP contribution is -2.18. The number of hydrogen-bond acceptors (Lipinski definition) is 6. The largest absolute Gasteiger partial charge is 0.457 e. The van der Waals surface area contributed by atoms with Gasteiger partial charge in [-0.15, -0.1) is 0 Å². The molecule has 8 heteroatoms. The molecule has 0 atom stereocenters. The smallest absolute Gasteiger partial charge is 0.310 e. The number of Topliss-reactive ketones (excluding diaryl/α,β-unsaturated/α-hetero) is 1. The highest BCUT2D eigenvalue weighted by Crippen LogP contribution is 2.14. The average Bonchev–Trinajstić information content (AvgIpc) is 3.05. The summed E-state index contributed by atoms with van der Waals surface area (Å²) in [5, 5.41) is 4.05. The molecule has 0 N–H and O–H groups in total. The molecule has 128 valence electrons. The number of ether oxygens (including phenoxy) is 1. The van der Waals surface area contributed by atoms with E-state index in [0.29, 0.717) is 17.0 Å². The lowest BCUT2D eigenvalue weighted by atomic mass is 10.1. The highest BCUT2D eigenvalue weighted by Gasteiger charge is 2.17. The van der Waals surface area contributed by atoms with E-state index in [0.717, 1.165) is 5.69 Å². The fourth-order valence-corrected chi connectivity index (χ4v) is 2.52. The molecule has 0 aliphatic carbocycles. The Morgan fingerprint density at radius 2 is 2.00 bits per heavy atom. The van der Waals surface area contributed by atoms with Crippen LogP contribution in [0.3, 0.4) is 0 Å². The van der Waals surface area contributed by atoms with E-state index >= 15 is 0 Å². The lowest BCUT2D eigenvalue weighted by molar-refractivity contribution is -0.141. The Labute approximate surface area is 142 Å². The molecule has 3 rings (SSSR count). The van der Waals surface area contributed by atoms with E-state index in [2.05, 4.69) is 15.1 Å². The van der Waals surface area contributed by atoms with E-state index in [1.54, 1.807) is 19.9 Å². The first-order valence-electron chi connectivity index (χ1n) is 7.56. The third-order valence-corrected chi connectivity index (χ3v) is 3.85. The highest BCUT2D eigenvalue weighted by molar-refractivity contribution is 5.98. The van der Waals surface area contributed by atoms with Crippen molar-refractivity contribution in [2.75, 3.05) is 6.61 Å². The molecule has 1 aromatic carbocycles. The van der Waals surface area contributed by atoms with Crippen LogP contribution in [0.4, 0.5) is 4.39 Å². The Balaban J connectivity index is 1.69. The number of aromatic nitrogens is 4. The quantitative estimate of drug-likeness (QED) is 0.519. The lowest BCUT2D eigenvalue weighted by Gasteiger charge is -2.10. The van der Waals surface area contributed by atoms with E-state index in [9.17, 15) is 14.0 Å². The van der Waals surface area contributed by atoms with Crippen LogP contribution in [0.1, 0.15) is 27.3 Å². The monoisotopic (exact) mass is 342 g/mol. The molecular formula is C17H15FN4O3. The molecular weight excluding hydrogens is 327 g/mol. The third kappa shape index (κ3) is 3.37. The summed E-state index contributed by atoms with van der Waals surface area (Å²) in [7, 11) is 0. The molecule has 25 heavy (non-hydrogen) atoms. The zero-order valence-electron chi connectivity index (χ0n) is 13.7. The molecule has 0 aliphatic heterocycles. The molecule has 0 saturated carbocycles. The number of carbonyl (C=O) groups is 2. The number of rotatable bonds is 5. The number of benzene rings is 1. The first kappa shape index (κ1) is 16.7. The van der Waals surface area contributed by atoms with Crippen molar-refractivity contribution in [1.29, 1.82) is 0 Å². The number of aryl methyl sites for hydroxylation is 2. The number of hydrogen-bond donors (Lipinski definition) is 0. The van der Waals surface area contributed by atoms with E-state index in [1.807, 2.05) is 0 Å². The van der Waals surface area contributed by atoms with E-state index in [1.165, 1.54) is 29.0 Å². The molecule has 0 amide bonds. The fraction of sp³-hybridized carbons (Fsp3) is 0.235. The maximum atomic E-state index is 13.5. The van der Waals surface area contributed by atoms with Gasteiger partial charge in [0.2, 0.25) is 5.78 Å². The summed E-state index contributed by atoms with van der Waals surface area (Å²) in [6, 6.07) is 5.56. The van der Waals surface area contributed by atoms with Gasteiger partial charge in [-0.1, -0.05) is 12.1 Å². The molecule has 0 fully saturated rings. The van der Waals surface area contributed by atoms with Crippen LogP contribution in [-0.4, -0.2) is 37.9 Å². The predicted molar refractivity (Wildman–Crippen MR) is 85.6 cm³/mol. The summed E-state index contributed by atoms with van der Waals surface area (Å²) in [6.45, 7) is 3.04. The summed E-state index contributed by atoms with van der Waals surface area (Å²) < 4.78 is 20.1. The van der Waals surface area contributed by atoms with Crippen LogP contribution < -0.4 is 0 Å². The Hall–Kier alpha value is -3.16. The third-order valence-electron chi connectivity index (χ3n) is 3.85. The number of esters is 1. The van der Waals surface area contributed by atoms with Gasteiger partial charge in [-0.05, 0) is 26.0 Å². The molecule has 0 bridgehead atoms. The Morgan fingerprint density at radius 1 is 1.24 bits per heavy atom. The van der Waals surface area contributed by atoms with Crippen molar-refractivity contribution in [3.05, 3.63) is 58.9 Å². The van der Waals surface area contributed by atoms with Gasteiger partial charge < -0.3 is 4.74 Å². The Morgan fingerprint density at radius 3 is 2.76 bits per heavy atom. The molecule has 2 aromatic heterocycles. The molecule has 0 radical (unpaired) electrons. The summed E-state index contributed by atoms with van der Waals surface area (Å²) in [4.78, 5) is 32.3. The number of carbonyl (C=O) groups excluding carboxylic acids is 2. The maximum Gasteiger partial charge on any atom is 0.310 e. The molecule has 3 aromatic rings. The van der Waals surface area contributed by atoms with Crippen molar-refractivity contribution >= 4 is 17.5 Å². The first-order valence-corrected chi connectivity index (χ1v) is 7.56. The summed E-state index contributed by atoms with van der Waals surface area (Å²) in [5.74, 6) is -1.39.